The minimum Gasteiger partial charge on any atom is -0.477 e. The van der Waals surface area contributed by atoms with Gasteiger partial charge < -0.3 is 5.11 Å². The molecular weight excluding hydrogens is 279 g/mol. The van der Waals surface area contributed by atoms with Crippen LogP contribution in [0.1, 0.15) is 12.8 Å². The number of carboxylic acids is 1. The SMILES string of the molecule is O=C(O)C1=NN(c2ccc(Cl)c(Cl)c2)C(=O)CC1. The van der Waals surface area contributed by atoms with Crippen molar-refractivity contribution in [2.75, 3.05) is 5.01 Å². The monoisotopic (exact) mass is 286 g/mol. The van der Waals surface area contributed by atoms with Crippen molar-refractivity contribution in [2.24, 2.45) is 5.10 Å². The molecule has 5 nitrogen and oxygen atoms in total. The highest BCUT2D eigenvalue weighted by molar-refractivity contribution is 6.42. The van der Waals surface area contributed by atoms with Crippen LogP contribution in [0.5, 0.6) is 0 Å². The molecule has 0 atom stereocenters. The van der Waals surface area contributed by atoms with E-state index in [1.165, 1.54) is 12.1 Å². The number of hydrogen-bond donors (Lipinski definition) is 1. The molecule has 0 aliphatic carbocycles. The van der Waals surface area contributed by atoms with E-state index in [4.69, 9.17) is 28.3 Å². The minimum absolute atomic E-state index is 0.0549. The summed E-state index contributed by atoms with van der Waals surface area (Å²) in [5, 5.41) is 14.3. The molecule has 0 radical (unpaired) electrons. The first-order valence-electron chi connectivity index (χ1n) is 5.08. The topological polar surface area (TPSA) is 70.0 Å². The fourth-order valence-electron chi connectivity index (χ4n) is 1.53. The van der Waals surface area contributed by atoms with E-state index in [9.17, 15) is 9.59 Å². The Bertz CT molecular complexity index is 557. The summed E-state index contributed by atoms with van der Waals surface area (Å²) in [5.41, 5.74) is 0.341. The molecule has 0 spiro atoms. The fourth-order valence-corrected chi connectivity index (χ4v) is 1.82. The van der Waals surface area contributed by atoms with E-state index >= 15 is 0 Å². The maximum atomic E-state index is 11.7. The molecule has 1 aromatic rings. The maximum absolute atomic E-state index is 11.7. The van der Waals surface area contributed by atoms with Crippen molar-refractivity contribution < 1.29 is 14.7 Å². The zero-order chi connectivity index (χ0) is 13.3. The third kappa shape index (κ3) is 2.47. The van der Waals surface area contributed by atoms with Crippen molar-refractivity contribution in [1.82, 2.24) is 0 Å². The van der Waals surface area contributed by atoms with Gasteiger partial charge in [-0.15, -0.1) is 0 Å². The van der Waals surface area contributed by atoms with E-state index in [0.29, 0.717) is 10.7 Å². The van der Waals surface area contributed by atoms with Crippen molar-refractivity contribution in [3.8, 4) is 0 Å². The molecule has 1 amide bonds. The molecule has 0 fully saturated rings. The molecule has 0 saturated carbocycles. The Hall–Kier alpha value is -1.59. The molecule has 94 valence electrons. The number of nitrogens with zero attached hydrogens (tertiary/aromatic N) is 2. The Morgan fingerprint density at radius 2 is 2.00 bits per heavy atom. The first-order valence-corrected chi connectivity index (χ1v) is 5.83. The van der Waals surface area contributed by atoms with Crippen LogP contribution in [0.15, 0.2) is 23.3 Å². The number of carboxylic acid groups (broad SMARTS) is 1. The van der Waals surface area contributed by atoms with Gasteiger partial charge in [0, 0.05) is 12.8 Å². The second-order valence-corrected chi connectivity index (χ2v) is 4.47. The predicted octanol–water partition coefficient (Wildman–Crippen LogP) is 2.56. The summed E-state index contributed by atoms with van der Waals surface area (Å²) in [6.45, 7) is 0. The largest absolute Gasteiger partial charge is 0.477 e. The van der Waals surface area contributed by atoms with Gasteiger partial charge in [0.2, 0.25) is 5.91 Å². The summed E-state index contributed by atoms with van der Waals surface area (Å²) in [7, 11) is 0. The van der Waals surface area contributed by atoms with Crippen LogP contribution >= 0.6 is 23.2 Å². The summed E-state index contributed by atoms with van der Waals surface area (Å²) >= 11 is 11.6. The van der Waals surface area contributed by atoms with Crippen LogP contribution in [-0.4, -0.2) is 22.7 Å². The number of hydrazone groups is 1. The van der Waals surface area contributed by atoms with Crippen molar-refractivity contribution >= 4 is 46.5 Å². The highest BCUT2D eigenvalue weighted by atomic mass is 35.5. The number of carbonyl (C=O) groups excluding carboxylic acids is 1. The first-order chi connectivity index (χ1) is 8.49. The van der Waals surface area contributed by atoms with Gasteiger partial charge in [-0.05, 0) is 18.2 Å². The number of anilines is 1. The number of rotatable bonds is 2. The molecule has 1 heterocycles. The minimum atomic E-state index is -1.13. The lowest BCUT2D eigenvalue weighted by Gasteiger charge is -2.22. The van der Waals surface area contributed by atoms with Gasteiger partial charge >= 0.3 is 5.97 Å². The van der Waals surface area contributed by atoms with Crippen molar-refractivity contribution in [2.45, 2.75) is 12.8 Å². The van der Waals surface area contributed by atoms with Gasteiger partial charge in [0.05, 0.1) is 15.7 Å². The number of aliphatic carboxylic acids is 1. The summed E-state index contributed by atoms with van der Waals surface area (Å²) in [4.78, 5) is 22.6. The highest BCUT2D eigenvalue weighted by Gasteiger charge is 2.25. The number of carbonyl (C=O) groups is 2. The third-order valence-corrected chi connectivity index (χ3v) is 3.17. The lowest BCUT2D eigenvalue weighted by molar-refractivity contribution is -0.129. The normalized spacial score (nSPS) is 15.6. The molecule has 0 saturated heterocycles. The van der Waals surface area contributed by atoms with Gasteiger partial charge in [-0.2, -0.15) is 5.10 Å². The molecule has 18 heavy (non-hydrogen) atoms. The van der Waals surface area contributed by atoms with E-state index in [1.807, 2.05) is 0 Å². The maximum Gasteiger partial charge on any atom is 0.352 e. The van der Waals surface area contributed by atoms with E-state index in [2.05, 4.69) is 5.10 Å². The Morgan fingerprint density at radius 1 is 1.28 bits per heavy atom. The second-order valence-electron chi connectivity index (χ2n) is 3.66. The zero-order valence-electron chi connectivity index (χ0n) is 9.06. The van der Waals surface area contributed by atoms with E-state index < -0.39 is 5.97 Å². The van der Waals surface area contributed by atoms with E-state index in [-0.39, 0.29) is 29.5 Å². The lowest BCUT2D eigenvalue weighted by atomic mass is 10.1. The molecule has 1 aliphatic heterocycles. The lowest BCUT2D eigenvalue weighted by Crippen LogP contribution is -2.34. The van der Waals surface area contributed by atoms with Crippen molar-refractivity contribution in [3.63, 3.8) is 0 Å². The Balaban J connectivity index is 2.41. The van der Waals surface area contributed by atoms with Crippen LogP contribution in [0, 0.1) is 0 Å². The summed E-state index contributed by atoms with van der Waals surface area (Å²) in [5.74, 6) is -1.41. The number of amides is 1. The first kappa shape index (κ1) is 12.9. The number of hydrogen-bond acceptors (Lipinski definition) is 3. The molecule has 7 heteroatoms. The summed E-state index contributed by atoms with van der Waals surface area (Å²) < 4.78 is 0. The van der Waals surface area contributed by atoms with Crippen LogP contribution in [0.25, 0.3) is 0 Å². The van der Waals surface area contributed by atoms with Gasteiger partial charge in [-0.25, -0.2) is 9.80 Å². The van der Waals surface area contributed by atoms with E-state index in [0.717, 1.165) is 5.01 Å². The van der Waals surface area contributed by atoms with Gasteiger partial charge in [0.15, 0.2) is 0 Å². The predicted molar refractivity (Wildman–Crippen MR) is 68.3 cm³/mol. The zero-order valence-corrected chi connectivity index (χ0v) is 10.6. The molecule has 0 unspecified atom stereocenters. The average Bonchev–Trinajstić information content (AvgIpc) is 2.33. The second kappa shape index (κ2) is 4.96. The molecular formula is C11H8Cl2N2O3. The van der Waals surface area contributed by atoms with Crippen LogP contribution in [0.4, 0.5) is 5.69 Å². The van der Waals surface area contributed by atoms with Crippen molar-refractivity contribution in [1.29, 1.82) is 0 Å². The van der Waals surface area contributed by atoms with Gasteiger partial charge in [-0.3, -0.25) is 4.79 Å². The third-order valence-electron chi connectivity index (χ3n) is 2.43. The van der Waals surface area contributed by atoms with Crippen LogP contribution in [0.3, 0.4) is 0 Å². The Kier molecular flexibility index (Phi) is 3.54. The number of benzene rings is 1. The fraction of sp³-hybridized carbons (Fsp3) is 0.182. The summed E-state index contributed by atoms with van der Waals surface area (Å²) in [6, 6.07) is 4.55. The van der Waals surface area contributed by atoms with E-state index in [1.54, 1.807) is 6.07 Å². The molecule has 1 aromatic carbocycles. The van der Waals surface area contributed by atoms with Crippen LogP contribution < -0.4 is 5.01 Å². The summed E-state index contributed by atoms with van der Waals surface area (Å²) in [6.07, 6.45) is 0.233. The van der Waals surface area contributed by atoms with Gasteiger partial charge in [0.1, 0.15) is 5.71 Å². The Labute approximate surface area is 113 Å². The molecule has 1 N–H and O–H groups in total. The highest BCUT2D eigenvalue weighted by Crippen LogP contribution is 2.28. The van der Waals surface area contributed by atoms with Crippen LogP contribution in [0.2, 0.25) is 10.0 Å². The molecule has 0 aromatic heterocycles. The molecule has 0 bridgehead atoms. The Morgan fingerprint density at radius 3 is 2.61 bits per heavy atom. The van der Waals surface area contributed by atoms with Crippen molar-refractivity contribution in [3.05, 3.63) is 28.2 Å². The average molecular weight is 287 g/mol. The molecule has 1 aliphatic rings. The van der Waals surface area contributed by atoms with Gasteiger partial charge in [0.25, 0.3) is 0 Å². The standard InChI is InChI=1S/C11H8Cl2N2O3/c12-7-2-1-6(5-8(7)13)15-10(16)4-3-9(14-15)11(17)18/h1-2,5H,3-4H2,(H,17,18). The smallest absolute Gasteiger partial charge is 0.352 e. The number of halogens is 2. The van der Waals surface area contributed by atoms with Crippen LogP contribution in [-0.2, 0) is 9.59 Å². The quantitative estimate of drug-likeness (QED) is 0.908. The molecule has 2 rings (SSSR count). The van der Waals surface area contributed by atoms with Gasteiger partial charge in [-0.1, -0.05) is 23.2 Å².